The summed E-state index contributed by atoms with van der Waals surface area (Å²) in [4.78, 5) is 16.9. The van der Waals surface area contributed by atoms with E-state index in [4.69, 9.17) is 9.97 Å². The van der Waals surface area contributed by atoms with Gasteiger partial charge in [-0.15, -0.1) is 0 Å². The smallest absolute Gasteiger partial charge is 0.0547 e. The number of hydrogen-bond donors (Lipinski definition) is 0. The molecule has 0 aliphatic carbocycles. The van der Waals surface area contributed by atoms with E-state index in [-0.39, 0.29) is 10.8 Å². The van der Waals surface area contributed by atoms with Crippen LogP contribution in [0.1, 0.15) is 70.0 Å². The lowest BCUT2D eigenvalue weighted by molar-refractivity contribution is 0.238. The van der Waals surface area contributed by atoms with Gasteiger partial charge < -0.3 is 0 Å². The minimum Gasteiger partial charge on any atom is -0.286 e. The van der Waals surface area contributed by atoms with E-state index in [1.54, 1.807) is 0 Å². The average molecular weight is 431 g/mol. The molecule has 0 radical (unpaired) electrons. The molecule has 0 aliphatic rings. The summed E-state index contributed by atoms with van der Waals surface area (Å²) < 4.78 is 0. The zero-order valence-electron chi connectivity index (χ0n) is 20.6. The molecule has 3 aromatic heterocycles. The monoisotopic (exact) mass is 430 g/mol. The first-order valence-electron chi connectivity index (χ1n) is 11.6. The van der Waals surface area contributed by atoms with Gasteiger partial charge in [-0.2, -0.15) is 0 Å². The molecule has 0 fully saturated rings. The van der Waals surface area contributed by atoms with Crippen molar-refractivity contribution in [3.8, 4) is 0 Å². The van der Waals surface area contributed by atoms with Crippen LogP contribution >= 0.6 is 0 Å². The average Bonchev–Trinajstić information content (AvgIpc) is 2.66. The molecule has 0 spiro atoms. The third-order valence-corrected chi connectivity index (χ3v) is 5.03. The Bertz CT molecular complexity index is 923. The molecule has 0 atom stereocenters. The molecule has 170 valence electrons. The van der Waals surface area contributed by atoms with E-state index in [1.807, 2.05) is 18.3 Å². The molecule has 0 unspecified atom stereocenters. The Kier molecular flexibility index (Phi) is 7.78. The van der Waals surface area contributed by atoms with Crippen LogP contribution in [0.3, 0.4) is 0 Å². The van der Waals surface area contributed by atoms with Crippen LogP contribution in [0.25, 0.3) is 0 Å². The summed E-state index contributed by atoms with van der Waals surface area (Å²) in [5.74, 6) is 0. The number of rotatable bonds is 8. The minimum atomic E-state index is 0.219. The van der Waals surface area contributed by atoms with Gasteiger partial charge in [-0.3, -0.25) is 19.9 Å². The summed E-state index contributed by atoms with van der Waals surface area (Å²) in [5.41, 5.74) is 5.98. The molecule has 0 saturated carbocycles. The van der Waals surface area contributed by atoms with Crippen molar-refractivity contribution < 1.29 is 0 Å². The van der Waals surface area contributed by atoms with Crippen LogP contribution in [0.15, 0.2) is 60.8 Å². The SMILES string of the molecule is CC(C)(C)Cc1cccc(CN(Cc2ccccn2)Cc2cccc(CC(C)(C)C)n2)n1. The third-order valence-electron chi connectivity index (χ3n) is 5.03. The first-order valence-corrected chi connectivity index (χ1v) is 11.6. The fourth-order valence-corrected chi connectivity index (χ4v) is 3.86. The van der Waals surface area contributed by atoms with Crippen molar-refractivity contribution in [3.63, 3.8) is 0 Å². The number of aromatic nitrogens is 3. The van der Waals surface area contributed by atoms with Crippen molar-refractivity contribution in [2.45, 2.75) is 74.0 Å². The zero-order chi connectivity index (χ0) is 23.2. The Hall–Kier alpha value is -2.59. The van der Waals surface area contributed by atoms with Crippen LogP contribution in [-0.2, 0) is 32.5 Å². The molecular weight excluding hydrogens is 392 g/mol. The zero-order valence-corrected chi connectivity index (χ0v) is 20.6. The van der Waals surface area contributed by atoms with Crippen molar-refractivity contribution in [1.82, 2.24) is 19.9 Å². The molecule has 3 aromatic rings. The largest absolute Gasteiger partial charge is 0.286 e. The molecule has 0 bridgehead atoms. The summed E-state index contributed by atoms with van der Waals surface area (Å²) >= 11 is 0. The molecule has 4 nitrogen and oxygen atoms in total. The maximum Gasteiger partial charge on any atom is 0.0547 e. The Balaban J connectivity index is 1.80. The van der Waals surface area contributed by atoms with Crippen LogP contribution in [0, 0.1) is 10.8 Å². The predicted molar refractivity (Wildman–Crippen MR) is 132 cm³/mol. The van der Waals surface area contributed by atoms with E-state index in [1.165, 1.54) is 0 Å². The second-order valence-electron chi connectivity index (χ2n) is 11.2. The van der Waals surface area contributed by atoms with Crippen LogP contribution in [0.4, 0.5) is 0 Å². The third kappa shape index (κ3) is 8.51. The van der Waals surface area contributed by atoms with Crippen molar-refractivity contribution in [2.24, 2.45) is 10.8 Å². The predicted octanol–water partition coefficient (Wildman–Crippen LogP) is 6.25. The Labute approximate surface area is 194 Å². The summed E-state index contributed by atoms with van der Waals surface area (Å²) in [6.07, 6.45) is 3.80. The Morgan fingerprint density at radius 1 is 0.562 bits per heavy atom. The fraction of sp³-hybridized carbons (Fsp3) is 0.464. The number of nitrogens with zero attached hydrogens (tertiary/aromatic N) is 4. The van der Waals surface area contributed by atoms with Crippen molar-refractivity contribution in [1.29, 1.82) is 0 Å². The molecule has 0 saturated heterocycles. The first-order chi connectivity index (χ1) is 15.1. The molecule has 0 aromatic carbocycles. The van der Waals surface area contributed by atoms with Gasteiger partial charge in [0.05, 0.1) is 17.1 Å². The van der Waals surface area contributed by atoms with Gasteiger partial charge in [-0.1, -0.05) is 59.7 Å². The van der Waals surface area contributed by atoms with Gasteiger partial charge in [-0.25, -0.2) is 0 Å². The quantitative estimate of drug-likeness (QED) is 0.423. The van der Waals surface area contributed by atoms with Crippen LogP contribution in [-0.4, -0.2) is 19.9 Å². The lowest BCUT2D eigenvalue weighted by Crippen LogP contribution is -2.24. The highest BCUT2D eigenvalue weighted by Crippen LogP contribution is 2.21. The summed E-state index contributed by atoms with van der Waals surface area (Å²) in [7, 11) is 0. The van der Waals surface area contributed by atoms with E-state index >= 15 is 0 Å². The van der Waals surface area contributed by atoms with E-state index in [2.05, 4.69) is 93.9 Å². The molecular formula is C28H38N4. The van der Waals surface area contributed by atoms with Gasteiger partial charge in [0.1, 0.15) is 0 Å². The Morgan fingerprint density at radius 2 is 1.00 bits per heavy atom. The van der Waals surface area contributed by atoms with Crippen LogP contribution in [0.5, 0.6) is 0 Å². The Morgan fingerprint density at radius 3 is 1.44 bits per heavy atom. The van der Waals surface area contributed by atoms with E-state index < -0.39 is 0 Å². The fourth-order valence-electron chi connectivity index (χ4n) is 3.86. The van der Waals surface area contributed by atoms with Crippen molar-refractivity contribution in [2.75, 3.05) is 0 Å². The highest BCUT2D eigenvalue weighted by molar-refractivity contribution is 5.15. The molecule has 32 heavy (non-hydrogen) atoms. The van der Waals surface area contributed by atoms with E-state index in [0.29, 0.717) is 0 Å². The molecule has 0 aliphatic heterocycles. The molecule has 0 N–H and O–H groups in total. The van der Waals surface area contributed by atoms with Gasteiger partial charge in [0.25, 0.3) is 0 Å². The number of hydrogen-bond acceptors (Lipinski definition) is 4. The summed E-state index contributed by atoms with van der Waals surface area (Å²) in [6, 6.07) is 18.9. The second kappa shape index (κ2) is 10.4. The summed E-state index contributed by atoms with van der Waals surface area (Å²) in [5, 5.41) is 0. The highest BCUT2D eigenvalue weighted by Gasteiger charge is 2.16. The lowest BCUT2D eigenvalue weighted by Gasteiger charge is -2.23. The van der Waals surface area contributed by atoms with Crippen molar-refractivity contribution in [3.05, 3.63) is 89.3 Å². The summed E-state index contributed by atoms with van der Waals surface area (Å²) in [6.45, 7) is 15.8. The molecule has 0 amide bonds. The van der Waals surface area contributed by atoms with Crippen molar-refractivity contribution >= 4 is 0 Å². The van der Waals surface area contributed by atoms with Gasteiger partial charge in [0.2, 0.25) is 0 Å². The standard InChI is InChI=1S/C28H38N4/c1-27(2,3)17-22-12-9-14-25(30-22)20-32(19-24-11-7-8-16-29-24)21-26-15-10-13-23(31-26)18-28(4,5)6/h7-16H,17-21H2,1-6H3. The minimum absolute atomic E-state index is 0.219. The second-order valence-corrected chi connectivity index (χ2v) is 11.2. The van der Waals surface area contributed by atoms with Gasteiger partial charge >= 0.3 is 0 Å². The molecule has 3 heterocycles. The van der Waals surface area contributed by atoms with Crippen LogP contribution in [0.2, 0.25) is 0 Å². The lowest BCUT2D eigenvalue weighted by atomic mass is 9.90. The van der Waals surface area contributed by atoms with Crippen LogP contribution < -0.4 is 0 Å². The maximum atomic E-state index is 4.96. The number of pyridine rings is 3. The maximum absolute atomic E-state index is 4.96. The van der Waals surface area contributed by atoms with Gasteiger partial charge in [0.15, 0.2) is 0 Å². The topological polar surface area (TPSA) is 41.9 Å². The van der Waals surface area contributed by atoms with Gasteiger partial charge in [-0.05, 0) is 60.1 Å². The highest BCUT2D eigenvalue weighted by atomic mass is 15.1. The first kappa shape index (κ1) is 24.1. The normalized spacial score (nSPS) is 12.3. The van der Waals surface area contributed by atoms with E-state index in [0.717, 1.165) is 60.9 Å². The van der Waals surface area contributed by atoms with E-state index in [9.17, 15) is 0 Å². The molecule has 3 rings (SSSR count). The van der Waals surface area contributed by atoms with Gasteiger partial charge in [0, 0.05) is 37.2 Å². The molecule has 4 heteroatoms.